The van der Waals surface area contributed by atoms with Crippen molar-refractivity contribution in [1.29, 1.82) is 0 Å². The summed E-state index contributed by atoms with van der Waals surface area (Å²) in [6.07, 6.45) is -13.5. The summed E-state index contributed by atoms with van der Waals surface area (Å²) in [7, 11) is 0. The highest BCUT2D eigenvalue weighted by Gasteiger charge is 2.39. The fourth-order valence-electron chi connectivity index (χ4n) is 3.30. The number of pyridine rings is 1. The largest absolute Gasteiger partial charge is 0.490 e. The molecule has 3 rings (SSSR count). The number of esters is 1. The summed E-state index contributed by atoms with van der Waals surface area (Å²) in [6, 6.07) is 8.20. The molecule has 1 aromatic heterocycles. The lowest BCUT2D eigenvalue weighted by atomic mass is 9.98. The summed E-state index contributed by atoms with van der Waals surface area (Å²) in [5.41, 5.74) is -2.61. The van der Waals surface area contributed by atoms with E-state index in [0.29, 0.717) is 12.1 Å². The number of aromatic nitrogens is 1. The lowest BCUT2D eigenvalue weighted by molar-refractivity contribution is -0.192. The summed E-state index contributed by atoms with van der Waals surface area (Å²) in [6.45, 7) is 1.74. The van der Waals surface area contributed by atoms with Gasteiger partial charge in [0.25, 0.3) is 0 Å². The van der Waals surface area contributed by atoms with Gasteiger partial charge in [0.1, 0.15) is 0 Å². The van der Waals surface area contributed by atoms with Crippen LogP contribution in [0.15, 0.2) is 66.9 Å². The van der Waals surface area contributed by atoms with Gasteiger partial charge in [0.05, 0.1) is 35.0 Å². The van der Waals surface area contributed by atoms with Gasteiger partial charge in [0.15, 0.2) is 0 Å². The lowest BCUT2D eigenvalue weighted by Crippen LogP contribution is -2.35. The van der Waals surface area contributed by atoms with E-state index in [2.05, 4.69) is 15.6 Å². The lowest BCUT2D eigenvalue weighted by Gasteiger charge is -2.23. The molecular weight excluding hydrogens is 605 g/mol. The predicted molar refractivity (Wildman–Crippen MR) is 131 cm³/mol. The van der Waals surface area contributed by atoms with E-state index in [1.807, 2.05) is 0 Å². The summed E-state index contributed by atoms with van der Waals surface area (Å²) >= 11 is 0. The van der Waals surface area contributed by atoms with Gasteiger partial charge >= 0.3 is 36.5 Å². The first-order chi connectivity index (χ1) is 19.8. The zero-order chi connectivity index (χ0) is 32.6. The molecule has 0 aliphatic carbocycles. The fourth-order valence-corrected chi connectivity index (χ4v) is 3.30. The van der Waals surface area contributed by atoms with E-state index in [4.69, 9.17) is 14.6 Å². The van der Waals surface area contributed by atoms with Gasteiger partial charge in [-0.1, -0.05) is 18.2 Å². The molecule has 2 aromatic carbocycles. The molecule has 43 heavy (non-hydrogen) atoms. The molecule has 3 N–H and O–H groups in total. The third-order valence-electron chi connectivity index (χ3n) is 5.14. The van der Waals surface area contributed by atoms with Crippen molar-refractivity contribution in [3.63, 3.8) is 0 Å². The second kappa shape index (κ2) is 13.9. The molecule has 0 aliphatic heterocycles. The fraction of sp³-hybridized carbons (Fsp3) is 0.231. The zero-order valence-electron chi connectivity index (χ0n) is 21.6. The number of nitrogens with one attached hydrogen (secondary N) is 2. The van der Waals surface area contributed by atoms with Gasteiger partial charge in [-0.15, -0.1) is 0 Å². The molecule has 2 amide bonds. The Labute approximate surface area is 236 Å². The minimum Gasteiger partial charge on any atom is -0.475 e. The van der Waals surface area contributed by atoms with Crippen LogP contribution in [0.25, 0.3) is 0 Å². The number of carboxylic acid groups (broad SMARTS) is 1. The van der Waals surface area contributed by atoms with Gasteiger partial charge in [0.2, 0.25) is 0 Å². The Morgan fingerprint density at radius 3 is 2.00 bits per heavy atom. The van der Waals surface area contributed by atoms with Crippen LogP contribution in [0.4, 0.5) is 50.0 Å². The number of hydrogen-bond acceptors (Lipinski definition) is 5. The Balaban J connectivity index is 0.000000821. The number of benzene rings is 2. The van der Waals surface area contributed by atoms with Gasteiger partial charge < -0.3 is 20.5 Å². The number of alkyl halides is 9. The number of carbonyl (C=O) groups is 3. The quantitative estimate of drug-likeness (QED) is 0.204. The van der Waals surface area contributed by atoms with E-state index >= 15 is 0 Å². The Morgan fingerprint density at radius 2 is 1.49 bits per heavy atom. The molecule has 0 radical (unpaired) electrons. The van der Waals surface area contributed by atoms with Crippen molar-refractivity contribution >= 4 is 23.7 Å². The van der Waals surface area contributed by atoms with Crippen molar-refractivity contribution in [2.75, 3.05) is 11.9 Å². The van der Waals surface area contributed by atoms with E-state index in [-0.39, 0.29) is 23.4 Å². The Kier molecular flexibility index (Phi) is 11.1. The molecule has 0 aliphatic rings. The van der Waals surface area contributed by atoms with Crippen molar-refractivity contribution in [3.05, 3.63) is 94.8 Å². The molecule has 0 spiro atoms. The third kappa shape index (κ3) is 10.2. The standard InChI is InChI=1S/C24H19F6N3O3.C2HF3O2/c1-2-36-21(34)15-5-3-6-17(13-15)32-22(35)33-19(14-8-10-16(11-9-14)23(25,26)27)20-18(24(28,29)30)7-4-12-31-20;3-2(4,5)1(6)7/h3-13,19H,2H2,1H3,(H2,32,33,35);(H,6,7)/t19-;/m0./s1. The minimum atomic E-state index is -5.08. The van der Waals surface area contributed by atoms with Crippen LogP contribution >= 0.6 is 0 Å². The first-order valence-corrected chi connectivity index (χ1v) is 11.7. The van der Waals surface area contributed by atoms with Crippen molar-refractivity contribution in [2.45, 2.75) is 31.5 Å². The van der Waals surface area contributed by atoms with Gasteiger partial charge in [-0.25, -0.2) is 14.4 Å². The molecule has 0 saturated heterocycles. The number of ether oxygens (including phenoxy) is 1. The molecule has 1 heterocycles. The first kappa shape index (κ1) is 34.4. The van der Waals surface area contributed by atoms with Crippen LogP contribution in [0.1, 0.15) is 45.7 Å². The number of amides is 2. The second-order valence-corrected chi connectivity index (χ2v) is 8.19. The maximum Gasteiger partial charge on any atom is 0.490 e. The van der Waals surface area contributed by atoms with E-state index in [1.165, 1.54) is 24.3 Å². The highest BCUT2D eigenvalue weighted by atomic mass is 19.4. The Bertz CT molecular complexity index is 1420. The summed E-state index contributed by atoms with van der Waals surface area (Å²) in [4.78, 5) is 37.3. The molecule has 0 bridgehead atoms. The van der Waals surface area contributed by atoms with Gasteiger partial charge in [-0.2, -0.15) is 39.5 Å². The van der Waals surface area contributed by atoms with E-state index in [0.717, 1.165) is 30.5 Å². The third-order valence-corrected chi connectivity index (χ3v) is 5.14. The summed E-state index contributed by atoms with van der Waals surface area (Å²) in [5, 5.41) is 11.9. The maximum absolute atomic E-state index is 13.7. The van der Waals surface area contributed by atoms with Crippen molar-refractivity contribution < 1.29 is 63.7 Å². The SMILES string of the molecule is CCOC(=O)c1cccc(NC(=O)N[C@@H](c2ccc(C(F)(F)F)cc2)c2ncccc2C(F)(F)F)c1.O=C(O)C(F)(F)F. The molecule has 232 valence electrons. The second-order valence-electron chi connectivity index (χ2n) is 8.19. The first-order valence-electron chi connectivity index (χ1n) is 11.7. The van der Waals surface area contributed by atoms with Gasteiger partial charge in [-0.3, -0.25) is 4.98 Å². The number of anilines is 1. The Hall–Kier alpha value is -4.83. The van der Waals surface area contributed by atoms with Crippen LogP contribution in [0, 0.1) is 0 Å². The number of rotatable bonds is 6. The average Bonchev–Trinajstić information content (AvgIpc) is 2.91. The monoisotopic (exact) mass is 625 g/mol. The van der Waals surface area contributed by atoms with Crippen LogP contribution in [-0.4, -0.2) is 40.8 Å². The van der Waals surface area contributed by atoms with Crippen LogP contribution in [0.2, 0.25) is 0 Å². The molecule has 0 saturated carbocycles. The molecule has 0 fully saturated rings. The highest BCUT2D eigenvalue weighted by Crippen LogP contribution is 2.36. The maximum atomic E-state index is 13.7. The number of carbonyl (C=O) groups excluding carboxylic acids is 2. The van der Waals surface area contributed by atoms with Crippen molar-refractivity contribution in [3.8, 4) is 0 Å². The smallest absolute Gasteiger partial charge is 0.475 e. The molecule has 0 unspecified atom stereocenters. The number of aliphatic carboxylic acids is 1. The van der Waals surface area contributed by atoms with Gasteiger partial charge in [0, 0.05) is 11.9 Å². The summed E-state index contributed by atoms with van der Waals surface area (Å²) in [5.74, 6) is -3.40. The molecule has 1 atom stereocenters. The zero-order valence-corrected chi connectivity index (χ0v) is 21.6. The number of halogens is 9. The normalized spacial score (nSPS) is 12.3. The Morgan fingerprint density at radius 1 is 0.884 bits per heavy atom. The van der Waals surface area contributed by atoms with Crippen molar-refractivity contribution in [2.24, 2.45) is 0 Å². The molecular formula is C26H20F9N3O5. The minimum absolute atomic E-state index is 0.0670. The number of nitrogens with zero attached hydrogens (tertiary/aromatic N) is 1. The molecule has 3 aromatic rings. The van der Waals surface area contributed by atoms with Crippen LogP contribution in [-0.2, 0) is 21.9 Å². The summed E-state index contributed by atoms with van der Waals surface area (Å²) < 4.78 is 117. The number of hydrogen-bond donors (Lipinski definition) is 3. The molecule has 8 nitrogen and oxygen atoms in total. The predicted octanol–water partition coefficient (Wildman–Crippen LogP) is 6.84. The number of urea groups is 1. The molecule has 17 heteroatoms. The van der Waals surface area contributed by atoms with Crippen LogP contribution in [0.3, 0.4) is 0 Å². The topological polar surface area (TPSA) is 118 Å². The van der Waals surface area contributed by atoms with Crippen LogP contribution in [0.5, 0.6) is 0 Å². The van der Waals surface area contributed by atoms with Crippen LogP contribution < -0.4 is 10.6 Å². The van der Waals surface area contributed by atoms with E-state index < -0.39 is 59.4 Å². The average molecular weight is 625 g/mol. The van der Waals surface area contributed by atoms with Crippen molar-refractivity contribution in [1.82, 2.24) is 10.3 Å². The van der Waals surface area contributed by atoms with Gasteiger partial charge in [-0.05, 0) is 55.0 Å². The number of carboxylic acids is 1. The van der Waals surface area contributed by atoms with E-state index in [1.54, 1.807) is 6.92 Å². The highest BCUT2D eigenvalue weighted by molar-refractivity contribution is 5.94. The van der Waals surface area contributed by atoms with E-state index in [9.17, 15) is 49.1 Å².